The van der Waals surface area contributed by atoms with Crippen molar-refractivity contribution in [3.63, 3.8) is 0 Å². The molecule has 0 aliphatic carbocycles. The maximum atomic E-state index is 9.69. The molecule has 0 bridgehead atoms. The van der Waals surface area contributed by atoms with Gasteiger partial charge in [0.1, 0.15) is 0 Å². The van der Waals surface area contributed by atoms with E-state index in [-0.39, 0.29) is 12.0 Å². The Bertz CT molecular complexity index is 446. The molecule has 2 rings (SSSR count). The van der Waals surface area contributed by atoms with E-state index < -0.39 is 0 Å². The Morgan fingerprint density at radius 2 is 2.42 bits per heavy atom. The van der Waals surface area contributed by atoms with Crippen LogP contribution in [0, 0.1) is 12.3 Å². The Hall–Kier alpha value is -0.840. The van der Waals surface area contributed by atoms with Crippen LogP contribution in [-0.4, -0.2) is 39.9 Å². The molecule has 4 nitrogen and oxygen atoms in total. The van der Waals surface area contributed by atoms with E-state index in [0.717, 1.165) is 55.3 Å². The number of hydrogen-bond acceptors (Lipinski definition) is 3. The lowest BCUT2D eigenvalue weighted by atomic mass is 9.78. The minimum atomic E-state index is -0.0438. The zero-order valence-corrected chi connectivity index (χ0v) is 12.2. The number of aryl methyl sites for hydroxylation is 1. The zero-order chi connectivity index (χ0) is 13.9. The third-order valence-electron chi connectivity index (χ3n) is 3.97. The van der Waals surface area contributed by atoms with Gasteiger partial charge in [-0.05, 0) is 32.7 Å². The number of likely N-dealkylation sites (tertiary alicyclic amines) is 1. The summed E-state index contributed by atoms with van der Waals surface area (Å²) in [5.74, 6) is 0. The second-order valence-electron chi connectivity index (χ2n) is 5.57. The van der Waals surface area contributed by atoms with Crippen molar-refractivity contribution in [3.05, 3.63) is 29.1 Å². The van der Waals surface area contributed by atoms with Gasteiger partial charge in [-0.2, -0.15) is 5.10 Å². The summed E-state index contributed by atoms with van der Waals surface area (Å²) in [5, 5.41) is 17.6. The van der Waals surface area contributed by atoms with Gasteiger partial charge in [0.25, 0.3) is 0 Å². The van der Waals surface area contributed by atoms with Crippen LogP contribution in [0.3, 0.4) is 0 Å². The van der Waals surface area contributed by atoms with Gasteiger partial charge < -0.3 is 5.11 Å². The average molecular weight is 284 g/mol. The first-order valence-corrected chi connectivity index (χ1v) is 7.11. The molecule has 106 valence electrons. The Morgan fingerprint density at radius 3 is 3.00 bits per heavy atom. The van der Waals surface area contributed by atoms with Crippen LogP contribution in [0.15, 0.2) is 12.7 Å². The second kappa shape index (κ2) is 6.07. The summed E-state index contributed by atoms with van der Waals surface area (Å²) in [6.07, 6.45) is 4.91. The Balaban J connectivity index is 2.05. The molecule has 0 spiro atoms. The van der Waals surface area contributed by atoms with Gasteiger partial charge in [0.15, 0.2) is 0 Å². The first-order chi connectivity index (χ1) is 9.10. The number of aliphatic hydroxyl groups is 1. The molecule has 1 atom stereocenters. The molecule has 1 fully saturated rings. The summed E-state index contributed by atoms with van der Waals surface area (Å²) < 4.78 is 0. The molecule has 1 aliphatic heterocycles. The molecular weight excluding hydrogens is 262 g/mol. The van der Waals surface area contributed by atoms with Crippen molar-refractivity contribution in [2.24, 2.45) is 5.41 Å². The number of nitrogens with zero attached hydrogens (tertiary/aromatic N) is 2. The molecule has 2 N–H and O–H groups in total. The first kappa shape index (κ1) is 14.6. The van der Waals surface area contributed by atoms with E-state index in [1.807, 2.05) is 13.0 Å². The zero-order valence-electron chi connectivity index (χ0n) is 11.5. The molecule has 2 heterocycles. The minimum absolute atomic E-state index is 0.0438. The van der Waals surface area contributed by atoms with E-state index in [1.165, 1.54) is 0 Å². The first-order valence-electron chi connectivity index (χ1n) is 6.74. The van der Waals surface area contributed by atoms with Gasteiger partial charge in [-0.15, -0.1) is 6.58 Å². The van der Waals surface area contributed by atoms with Crippen LogP contribution in [0.5, 0.6) is 0 Å². The topological polar surface area (TPSA) is 52.1 Å². The maximum Gasteiger partial charge on any atom is 0.0951 e. The van der Waals surface area contributed by atoms with Gasteiger partial charge in [-0.25, -0.2) is 0 Å². The number of aromatic nitrogens is 2. The Kier molecular flexibility index (Phi) is 4.66. The smallest absolute Gasteiger partial charge is 0.0951 e. The van der Waals surface area contributed by atoms with Crippen molar-refractivity contribution in [2.45, 2.75) is 32.7 Å². The standard InChI is InChI=1S/C14H22ClN3O/c1-3-5-14(10-19)6-4-7-18(9-14)8-12-13(15)11(2)16-17-12/h3,19H,1,4-10H2,2H3,(H,16,17). The normalized spacial score (nSPS) is 24.6. The molecule has 1 aliphatic rings. The number of nitrogens with one attached hydrogen (secondary N) is 1. The fourth-order valence-electron chi connectivity index (χ4n) is 2.89. The van der Waals surface area contributed by atoms with Crippen LogP contribution >= 0.6 is 11.6 Å². The fraction of sp³-hybridized carbons (Fsp3) is 0.643. The van der Waals surface area contributed by atoms with E-state index >= 15 is 0 Å². The van der Waals surface area contributed by atoms with Crippen molar-refractivity contribution >= 4 is 11.6 Å². The van der Waals surface area contributed by atoms with E-state index in [2.05, 4.69) is 21.7 Å². The van der Waals surface area contributed by atoms with Crippen LogP contribution in [0.2, 0.25) is 5.02 Å². The Labute approximate surface area is 119 Å². The predicted octanol–water partition coefficient (Wildman–Crippen LogP) is 2.52. The highest BCUT2D eigenvalue weighted by molar-refractivity contribution is 6.31. The van der Waals surface area contributed by atoms with Crippen LogP contribution in [0.25, 0.3) is 0 Å². The van der Waals surface area contributed by atoms with Crippen molar-refractivity contribution in [3.8, 4) is 0 Å². The summed E-state index contributed by atoms with van der Waals surface area (Å²) in [5.41, 5.74) is 1.76. The third-order valence-corrected chi connectivity index (χ3v) is 4.47. The monoisotopic (exact) mass is 283 g/mol. The third kappa shape index (κ3) is 3.19. The van der Waals surface area contributed by atoms with Crippen molar-refractivity contribution in [1.29, 1.82) is 0 Å². The number of aromatic amines is 1. The molecule has 0 aromatic carbocycles. The van der Waals surface area contributed by atoms with Crippen LogP contribution in [-0.2, 0) is 6.54 Å². The van der Waals surface area contributed by atoms with Gasteiger partial charge in [-0.3, -0.25) is 10.00 Å². The lowest BCUT2D eigenvalue weighted by Gasteiger charge is -2.41. The summed E-state index contributed by atoms with van der Waals surface area (Å²) >= 11 is 6.21. The quantitative estimate of drug-likeness (QED) is 0.817. The molecule has 1 aromatic rings. The molecule has 1 saturated heterocycles. The molecule has 0 amide bonds. The summed E-state index contributed by atoms with van der Waals surface area (Å²) in [6.45, 7) is 8.58. The van der Waals surface area contributed by atoms with Gasteiger partial charge in [0.05, 0.1) is 23.0 Å². The van der Waals surface area contributed by atoms with Gasteiger partial charge in [0.2, 0.25) is 0 Å². The summed E-state index contributed by atoms with van der Waals surface area (Å²) in [7, 11) is 0. The molecule has 1 unspecified atom stereocenters. The largest absolute Gasteiger partial charge is 0.396 e. The molecule has 1 aromatic heterocycles. The molecule has 5 heteroatoms. The second-order valence-corrected chi connectivity index (χ2v) is 5.95. The lowest BCUT2D eigenvalue weighted by molar-refractivity contribution is 0.0304. The SMILES string of the molecule is C=CCC1(CO)CCCN(Cc2n[nH]c(C)c2Cl)C1. The highest BCUT2D eigenvalue weighted by Gasteiger charge is 2.34. The van der Waals surface area contributed by atoms with Crippen molar-refractivity contribution in [2.75, 3.05) is 19.7 Å². The van der Waals surface area contributed by atoms with Gasteiger partial charge in [-0.1, -0.05) is 17.7 Å². The number of H-pyrrole nitrogens is 1. The van der Waals surface area contributed by atoms with Gasteiger partial charge in [0, 0.05) is 18.5 Å². The van der Waals surface area contributed by atoms with E-state index in [4.69, 9.17) is 11.6 Å². The molecule has 0 radical (unpaired) electrons. The average Bonchev–Trinajstić information content (AvgIpc) is 2.72. The molecular formula is C14H22ClN3O. The summed E-state index contributed by atoms with van der Waals surface area (Å²) in [6, 6.07) is 0. The van der Waals surface area contributed by atoms with Crippen molar-refractivity contribution in [1.82, 2.24) is 15.1 Å². The fourth-order valence-corrected chi connectivity index (χ4v) is 3.04. The number of aliphatic hydroxyl groups excluding tert-OH is 1. The number of allylic oxidation sites excluding steroid dienone is 1. The van der Waals surface area contributed by atoms with E-state index in [0.29, 0.717) is 0 Å². The Morgan fingerprint density at radius 1 is 1.63 bits per heavy atom. The van der Waals surface area contributed by atoms with Crippen molar-refractivity contribution < 1.29 is 5.11 Å². The van der Waals surface area contributed by atoms with Crippen LogP contribution in [0.4, 0.5) is 0 Å². The lowest BCUT2D eigenvalue weighted by Crippen LogP contribution is -2.44. The van der Waals surface area contributed by atoms with E-state index in [9.17, 15) is 5.11 Å². The predicted molar refractivity (Wildman–Crippen MR) is 77.2 cm³/mol. The minimum Gasteiger partial charge on any atom is -0.396 e. The molecule has 0 saturated carbocycles. The highest BCUT2D eigenvalue weighted by atomic mass is 35.5. The molecule has 19 heavy (non-hydrogen) atoms. The number of rotatable bonds is 5. The van der Waals surface area contributed by atoms with Crippen LogP contribution < -0.4 is 0 Å². The van der Waals surface area contributed by atoms with Crippen LogP contribution in [0.1, 0.15) is 30.7 Å². The number of halogens is 1. The van der Waals surface area contributed by atoms with E-state index in [1.54, 1.807) is 0 Å². The number of piperidine rings is 1. The summed E-state index contributed by atoms with van der Waals surface area (Å²) in [4.78, 5) is 2.32. The maximum absolute atomic E-state index is 9.69. The highest BCUT2D eigenvalue weighted by Crippen LogP contribution is 2.34. The van der Waals surface area contributed by atoms with Gasteiger partial charge >= 0.3 is 0 Å². The number of hydrogen-bond donors (Lipinski definition) is 2.